The SMILES string of the molecule is CC1CCC(CC(=O)N2CCNC[C@@H]2C)C1. The minimum atomic E-state index is 0.375. The Morgan fingerprint density at radius 1 is 1.38 bits per heavy atom. The van der Waals surface area contributed by atoms with Crippen LogP contribution in [0.25, 0.3) is 0 Å². The zero-order valence-electron chi connectivity index (χ0n) is 10.5. The van der Waals surface area contributed by atoms with Gasteiger partial charge in [0.25, 0.3) is 0 Å². The predicted molar refractivity (Wildman–Crippen MR) is 65.2 cm³/mol. The number of nitrogens with zero attached hydrogens (tertiary/aromatic N) is 1. The molecule has 3 atom stereocenters. The average molecular weight is 224 g/mol. The first-order valence-corrected chi connectivity index (χ1v) is 6.67. The molecular weight excluding hydrogens is 200 g/mol. The van der Waals surface area contributed by atoms with Crippen molar-refractivity contribution in [3.8, 4) is 0 Å². The van der Waals surface area contributed by atoms with Crippen LogP contribution in [0.5, 0.6) is 0 Å². The molecule has 2 rings (SSSR count). The summed E-state index contributed by atoms with van der Waals surface area (Å²) in [4.78, 5) is 14.2. The van der Waals surface area contributed by atoms with Gasteiger partial charge >= 0.3 is 0 Å². The van der Waals surface area contributed by atoms with E-state index in [4.69, 9.17) is 0 Å². The number of hydrogen-bond donors (Lipinski definition) is 1. The van der Waals surface area contributed by atoms with Crippen molar-refractivity contribution in [3.05, 3.63) is 0 Å². The molecule has 1 heterocycles. The summed E-state index contributed by atoms with van der Waals surface area (Å²) in [7, 11) is 0. The molecule has 1 saturated carbocycles. The van der Waals surface area contributed by atoms with E-state index >= 15 is 0 Å². The highest BCUT2D eigenvalue weighted by Gasteiger charge is 2.28. The van der Waals surface area contributed by atoms with Crippen molar-refractivity contribution in [2.45, 2.75) is 45.6 Å². The molecule has 1 saturated heterocycles. The Bertz CT molecular complexity index is 254. The highest BCUT2D eigenvalue weighted by atomic mass is 16.2. The van der Waals surface area contributed by atoms with E-state index in [2.05, 4.69) is 24.1 Å². The van der Waals surface area contributed by atoms with Gasteiger partial charge in [-0.2, -0.15) is 0 Å². The van der Waals surface area contributed by atoms with E-state index in [0.29, 0.717) is 17.9 Å². The fourth-order valence-electron chi connectivity index (χ4n) is 3.09. The topological polar surface area (TPSA) is 32.3 Å². The smallest absolute Gasteiger partial charge is 0.223 e. The Balaban J connectivity index is 1.82. The zero-order valence-corrected chi connectivity index (χ0v) is 10.5. The van der Waals surface area contributed by atoms with Crippen molar-refractivity contribution in [1.29, 1.82) is 0 Å². The first-order valence-electron chi connectivity index (χ1n) is 6.67. The standard InChI is InChI=1S/C13H24N2O/c1-10-3-4-12(7-10)8-13(16)15-6-5-14-9-11(15)2/h10-12,14H,3-9H2,1-2H3/t10?,11-,12?/m0/s1. The van der Waals surface area contributed by atoms with Crippen LogP contribution in [0, 0.1) is 11.8 Å². The van der Waals surface area contributed by atoms with Crippen LogP contribution in [0.3, 0.4) is 0 Å². The molecule has 0 bridgehead atoms. The predicted octanol–water partition coefficient (Wildman–Crippen LogP) is 1.63. The van der Waals surface area contributed by atoms with E-state index in [-0.39, 0.29) is 0 Å². The Hall–Kier alpha value is -0.570. The summed E-state index contributed by atoms with van der Waals surface area (Å²) in [6, 6.07) is 0.375. The van der Waals surface area contributed by atoms with Crippen LogP contribution in [-0.4, -0.2) is 36.5 Å². The van der Waals surface area contributed by atoms with Gasteiger partial charge in [0.1, 0.15) is 0 Å². The highest BCUT2D eigenvalue weighted by Crippen LogP contribution is 2.33. The van der Waals surface area contributed by atoms with Gasteiger partial charge in [-0.05, 0) is 31.6 Å². The van der Waals surface area contributed by atoms with E-state index in [9.17, 15) is 4.79 Å². The van der Waals surface area contributed by atoms with Crippen molar-refractivity contribution in [2.75, 3.05) is 19.6 Å². The van der Waals surface area contributed by atoms with Gasteiger partial charge in [0.05, 0.1) is 0 Å². The normalized spacial score (nSPS) is 35.4. The lowest BCUT2D eigenvalue weighted by atomic mass is 10.0. The molecule has 1 aliphatic heterocycles. The van der Waals surface area contributed by atoms with Crippen LogP contribution < -0.4 is 5.32 Å². The average Bonchev–Trinajstić information content (AvgIpc) is 2.64. The second-order valence-corrected chi connectivity index (χ2v) is 5.63. The largest absolute Gasteiger partial charge is 0.337 e. The molecule has 16 heavy (non-hydrogen) atoms. The van der Waals surface area contributed by atoms with Crippen molar-refractivity contribution >= 4 is 5.91 Å². The van der Waals surface area contributed by atoms with Gasteiger partial charge in [0.2, 0.25) is 5.91 Å². The van der Waals surface area contributed by atoms with Crippen molar-refractivity contribution < 1.29 is 4.79 Å². The molecule has 1 N–H and O–H groups in total. The second-order valence-electron chi connectivity index (χ2n) is 5.63. The molecule has 2 unspecified atom stereocenters. The molecule has 0 spiro atoms. The van der Waals surface area contributed by atoms with Crippen molar-refractivity contribution in [1.82, 2.24) is 10.2 Å². The molecule has 1 amide bonds. The fourth-order valence-corrected chi connectivity index (χ4v) is 3.09. The minimum absolute atomic E-state index is 0.375. The molecule has 0 aromatic rings. The first kappa shape index (κ1) is 11.9. The summed E-state index contributed by atoms with van der Waals surface area (Å²) in [6.07, 6.45) is 4.61. The molecular formula is C13H24N2O. The molecule has 3 heteroatoms. The minimum Gasteiger partial charge on any atom is -0.337 e. The number of hydrogen-bond acceptors (Lipinski definition) is 2. The lowest BCUT2D eigenvalue weighted by Crippen LogP contribution is -2.52. The summed E-state index contributed by atoms with van der Waals surface area (Å²) in [6.45, 7) is 7.24. The maximum atomic E-state index is 12.2. The van der Waals surface area contributed by atoms with Gasteiger partial charge in [0, 0.05) is 32.1 Å². The summed E-state index contributed by atoms with van der Waals surface area (Å²) in [5.74, 6) is 1.87. The number of nitrogens with one attached hydrogen (secondary N) is 1. The molecule has 2 aliphatic rings. The number of rotatable bonds is 2. The number of carbonyl (C=O) groups excluding carboxylic acids is 1. The van der Waals surface area contributed by atoms with E-state index < -0.39 is 0 Å². The number of piperazine rings is 1. The second kappa shape index (κ2) is 5.17. The van der Waals surface area contributed by atoms with Gasteiger partial charge in [-0.1, -0.05) is 13.3 Å². The van der Waals surface area contributed by atoms with E-state index in [0.717, 1.165) is 32.0 Å². The van der Waals surface area contributed by atoms with Gasteiger partial charge < -0.3 is 10.2 Å². The van der Waals surface area contributed by atoms with E-state index in [1.165, 1.54) is 19.3 Å². The third-order valence-electron chi connectivity index (χ3n) is 4.09. The molecule has 0 radical (unpaired) electrons. The Labute approximate surface area is 98.6 Å². The van der Waals surface area contributed by atoms with Crippen LogP contribution in [-0.2, 0) is 4.79 Å². The molecule has 2 fully saturated rings. The Morgan fingerprint density at radius 2 is 2.19 bits per heavy atom. The lowest BCUT2D eigenvalue weighted by molar-refractivity contribution is -0.134. The number of amides is 1. The number of carbonyl (C=O) groups is 1. The lowest BCUT2D eigenvalue weighted by Gasteiger charge is -2.34. The molecule has 0 aromatic carbocycles. The van der Waals surface area contributed by atoms with E-state index in [1.807, 2.05) is 0 Å². The van der Waals surface area contributed by atoms with Crippen LogP contribution in [0.15, 0.2) is 0 Å². The van der Waals surface area contributed by atoms with Crippen LogP contribution in [0.2, 0.25) is 0 Å². The van der Waals surface area contributed by atoms with E-state index in [1.54, 1.807) is 0 Å². The van der Waals surface area contributed by atoms with Crippen molar-refractivity contribution in [2.24, 2.45) is 11.8 Å². The van der Waals surface area contributed by atoms with Crippen LogP contribution >= 0.6 is 0 Å². The summed E-state index contributed by atoms with van der Waals surface area (Å²) in [5.41, 5.74) is 0. The molecule has 92 valence electrons. The molecule has 0 aromatic heterocycles. The van der Waals surface area contributed by atoms with Crippen molar-refractivity contribution in [3.63, 3.8) is 0 Å². The Morgan fingerprint density at radius 3 is 2.81 bits per heavy atom. The van der Waals surface area contributed by atoms with Gasteiger partial charge in [-0.3, -0.25) is 4.79 Å². The maximum Gasteiger partial charge on any atom is 0.223 e. The third-order valence-corrected chi connectivity index (χ3v) is 4.09. The van der Waals surface area contributed by atoms with Gasteiger partial charge in [-0.25, -0.2) is 0 Å². The third kappa shape index (κ3) is 2.76. The molecule has 1 aliphatic carbocycles. The summed E-state index contributed by atoms with van der Waals surface area (Å²) in [5, 5.41) is 3.33. The maximum absolute atomic E-state index is 12.2. The van der Waals surface area contributed by atoms with Gasteiger partial charge in [0.15, 0.2) is 0 Å². The zero-order chi connectivity index (χ0) is 11.5. The van der Waals surface area contributed by atoms with Crippen LogP contribution in [0.4, 0.5) is 0 Å². The van der Waals surface area contributed by atoms with Gasteiger partial charge in [-0.15, -0.1) is 0 Å². The van der Waals surface area contributed by atoms with Crippen LogP contribution in [0.1, 0.15) is 39.5 Å². The molecule has 3 nitrogen and oxygen atoms in total. The first-order chi connectivity index (χ1) is 7.66. The summed E-state index contributed by atoms with van der Waals surface area (Å²) < 4.78 is 0. The monoisotopic (exact) mass is 224 g/mol. The summed E-state index contributed by atoms with van der Waals surface area (Å²) >= 11 is 0. The highest BCUT2D eigenvalue weighted by molar-refractivity contribution is 5.77. The Kier molecular flexibility index (Phi) is 3.85. The fraction of sp³-hybridized carbons (Fsp3) is 0.923. The quantitative estimate of drug-likeness (QED) is 0.773.